The van der Waals surface area contributed by atoms with Gasteiger partial charge < -0.3 is 34.7 Å². The summed E-state index contributed by atoms with van der Waals surface area (Å²) in [6.07, 6.45) is -0.850. The number of benzene rings is 3. The van der Waals surface area contributed by atoms with Crippen LogP contribution in [0.5, 0.6) is 17.2 Å². The zero-order valence-electron chi connectivity index (χ0n) is 22.0. The van der Waals surface area contributed by atoms with Crippen LogP contribution < -0.4 is 14.8 Å². The highest BCUT2D eigenvalue weighted by molar-refractivity contribution is 6.05. The summed E-state index contributed by atoms with van der Waals surface area (Å²) in [5, 5.41) is 27.1. The van der Waals surface area contributed by atoms with Crippen LogP contribution in [0.25, 0.3) is 11.1 Å². The van der Waals surface area contributed by atoms with Crippen LogP contribution in [0.15, 0.2) is 71.9 Å². The number of aliphatic hydroxyl groups excluding tert-OH is 1. The Labute approximate surface area is 226 Å². The van der Waals surface area contributed by atoms with Crippen LogP contribution in [0, 0.1) is 0 Å². The van der Waals surface area contributed by atoms with E-state index in [0.717, 1.165) is 16.9 Å². The zero-order chi connectivity index (χ0) is 27.9. The minimum Gasteiger partial charge on any atom is -0.504 e. The summed E-state index contributed by atoms with van der Waals surface area (Å²) >= 11 is 0. The number of amides is 2. The monoisotopic (exact) mass is 533 g/mol. The fraction of sp³-hybridized carbons (Fsp3) is 0.276. The SMILES string of the molecule is CON=C1C[C@@H](C(=O)NCC(O)c2ccc(O)c(OC)c2)N(C(=O)c2ccc(-c3ccccc3OC)cc2)C1. The first-order chi connectivity index (χ1) is 18.9. The number of rotatable bonds is 9. The number of likely N-dealkylation sites (tertiary alicyclic amines) is 1. The Hall–Kier alpha value is -4.57. The van der Waals surface area contributed by atoms with E-state index in [1.807, 2.05) is 36.4 Å². The molecule has 3 aromatic carbocycles. The Balaban J connectivity index is 1.48. The number of phenols is 1. The maximum Gasteiger partial charge on any atom is 0.254 e. The molecule has 2 atom stereocenters. The molecule has 10 heteroatoms. The van der Waals surface area contributed by atoms with Gasteiger partial charge in [-0.1, -0.05) is 41.6 Å². The Bertz CT molecular complexity index is 1360. The lowest BCUT2D eigenvalue weighted by atomic mass is 10.0. The second kappa shape index (κ2) is 12.3. The highest BCUT2D eigenvalue weighted by Gasteiger charge is 2.38. The molecule has 204 valence electrons. The molecule has 0 aliphatic carbocycles. The lowest BCUT2D eigenvalue weighted by molar-refractivity contribution is -0.125. The molecule has 1 saturated heterocycles. The van der Waals surface area contributed by atoms with E-state index < -0.39 is 18.1 Å². The van der Waals surface area contributed by atoms with Gasteiger partial charge in [-0.3, -0.25) is 9.59 Å². The van der Waals surface area contributed by atoms with Crippen LogP contribution >= 0.6 is 0 Å². The molecule has 3 N–H and O–H groups in total. The number of phenolic OH excluding ortho intramolecular Hbond substituents is 1. The summed E-state index contributed by atoms with van der Waals surface area (Å²) in [6, 6.07) is 18.3. The van der Waals surface area contributed by atoms with Crippen molar-refractivity contribution in [2.24, 2.45) is 5.16 Å². The minimum absolute atomic E-state index is 0.0570. The lowest BCUT2D eigenvalue weighted by Gasteiger charge is -2.24. The number of methoxy groups -OCH3 is 2. The van der Waals surface area contributed by atoms with Crippen molar-refractivity contribution in [2.45, 2.75) is 18.6 Å². The molecule has 0 radical (unpaired) electrons. The molecule has 0 saturated carbocycles. The van der Waals surface area contributed by atoms with Crippen molar-refractivity contribution in [3.63, 3.8) is 0 Å². The summed E-state index contributed by atoms with van der Waals surface area (Å²) in [5.74, 6) is 0.120. The highest BCUT2D eigenvalue weighted by atomic mass is 16.6. The van der Waals surface area contributed by atoms with E-state index in [9.17, 15) is 19.8 Å². The second-order valence-electron chi connectivity index (χ2n) is 8.96. The highest BCUT2D eigenvalue weighted by Crippen LogP contribution is 2.31. The van der Waals surface area contributed by atoms with Crippen LogP contribution in [0.2, 0.25) is 0 Å². The molecular weight excluding hydrogens is 502 g/mol. The molecule has 0 bridgehead atoms. The number of ether oxygens (including phenoxy) is 2. The number of aromatic hydroxyl groups is 1. The van der Waals surface area contributed by atoms with E-state index in [4.69, 9.17) is 14.3 Å². The Morgan fingerprint density at radius 3 is 2.44 bits per heavy atom. The molecule has 1 aliphatic heterocycles. The van der Waals surface area contributed by atoms with E-state index in [2.05, 4.69) is 10.5 Å². The molecule has 4 rings (SSSR count). The molecule has 0 spiro atoms. The van der Waals surface area contributed by atoms with Crippen LogP contribution in [-0.4, -0.2) is 73.1 Å². The Morgan fingerprint density at radius 2 is 1.74 bits per heavy atom. The van der Waals surface area contributed by atoms with Crippen molar-refractivity contribution in [2.75, 3.05) is 34.4 Å². The average Bonchev–Trinajstić information content (AvgIpc) is 3.39. The van der Waals surface area contributed by atoms with E-state index in [-0.39, 0.29) is 36.9 Å². The summed E-state index contributed by atoms with van der Waals surface area (Å²) in [7, 11) is 4.42. The van der Waals surface area contributed by atoms with E-state index in [1.165, 1.54) is 37.3 Å². The van der Waals surface area contributed by atoms with Crippen LogP contribution in [0.3, 0.4) is 0 Å². The summed E-state index contributed by atoms with van der Waals surface area (Å²) < 4.78 is 10.5. The van der Waals surface area contributed by atoms with Crippen LogP contribution in [0.4, 0.5) is 0 Å². The smallest absolute Gasteiger partial charge is 0.254 e. The molecule has 1 aliphatic rings. The number of hydrogen-bond acceptors (Lipinski definition) is 8. The average molecular weight is 534 g/mol. The molecule has 10 nitrogen and oxygen atoms in total. The molecule has 39 heavy (non-hydrogen) atoms. The predicted molar refractivity (Wildman–Crippen MR) is 145 cm³/mol. The Morgan fingerprint density at radius 1 is 1.03 bits per heavy atom. The van der Waals surface area contributed by atoms with Gasteiger partial charge in [-0.2, -0.15) is 0 Å². The first-order valence-corrected chi connectivity index (χ1v) is 12.3. The number of nitrogens with one attached hydrogen (secondary N) is 1. The van der Waals surface area contributed by atoms with Gasteiger partial charge in [0.15, 0.2) is 11.5 Å². The molecule has 1 heterocycles. The van der Waals surface area contributed by atoms with Crippen molar-refractivity contribution >= 4 is 17.5 Å². The molecule has 1 fully saturated rings. The van der Waals surface area contributed by atoms with Gasteiger partial charge in [0.25, 0.3) is 5.91 Å². The lowest BCUT2D eigenvalue weighted by Crippen LogP contribution is -2.46. The number of carbonyl (C=O) groups is 2. The van der Waals surface area contributed by atoms with Crippen molar-refractivity contribution in [3.05, 3.63) is 77.9 Å². The number of carbonyl (C=O) groups excluding carboxylic acids is 2. The van der Waals surface area contributed by atoms with Gasteiger partial charge in [0, 0.05) is 24.1 Å². The standard InChI is InChI=1S/C29H31N3O7/c1-37-26-7-5-4-6-22(26)18-8-10-19(11-9-18)29(36)32-17-21(31-39-3)15-23(32)28(35)30-16-25(34)20-12-13-24(33)27(14-20)38-2/h4-14,23,25,33-34H,15-17H2,1-3H3,(H,30,35)/t23-,25?/m0/s1. The van der Waals surface area contributed by atoms with Gasteiger partial charge in [0.05, 0.1) is 32.6 Å². The van der Waals surface area contributed by atoms with Crippen molar-refractivity contribution in [1.29, 1.82) is 0 Å². The van der Waals surface area contributed by atoms with E-state index >= 15 is 0 Å². The van der Waals surface area contributed by atoms with Crippen molar-refractivity contribution < 1.29 is 34.1 Å². The zero-order valence-corrected chi connectivity index (χ0v) is 22.0. The maximum absolute atomic E-state index is 13.5. The van der Waals surface area contributed by atoms with E-state index in [1.54, 1.807) is 19.2 Å². The van der Waals surface area contributed by atoms with Gasteiger partial charge in [0.1, 0.15) is 18.9 Å². The normalized spacial score (nSPS) is 16.6. The van der Waals surface area contributed by atoms with Crippen LogP contribution in [0.1, 0.15) is 28.4 Å². The number of nitrogens with zero attached hydrogens (tertiary/aromatic N) is 2. The number of oxime groups is 1. The quantitative estimate of drug-likeness (QED) is 0.360. The number of aliphatic hydroxyl groups is 1. The largest absolute Gasteiger partial charge is 0.504 e. The van der Waals surface area contributed by atoms with Gasteiger partial charge in [-0.15, -0.1) is 0 Å². The third kappa shape index (κ3) is 6.12. The van der Waals surface area contributed by atoms with Crippen molar-refractivity contribution in [1.82, 2.24) is 10.2 Å². The molecule has 3 aromatic rings. The molecule has 2 amide bonds. The van der Waals surface area contributed by atoms with E-state index in [0.29, 0.717) is 16.8 Å². The van der Waals surface area contributed by atoms with Gasteiger partial charge in [0.2, 0.25) is 5.91 Å². The third-order valence-corrected chi connectivity index (χ3v) is 6.55. The minimum atomic E-state index is -1.05. The molecular formula is C29H31N3O7. The van der Waals surface area contributed by atoms with Gasteiger partial charge in [-0.05, 0) is 41.5 Å². The summed E-state index contributed by atoms with van der Waals surface area (Å²) in [4.78, 5) is 33.0. The summed E-state index contributed by atoms with van der Waals surface area (Å²) in [5.41, 5.74) is 3.22. The van der Waals surface area contributed by atoms with Gasteiger partial charge in [-0.25, -0.2) is 0 Å². The number of hydrogen-bond donors (Lipinski definition) is 3. The summed E-state index contributed by atoms with van der Waals surface area (Å²) in [6.45, 7) is 0.0341. The third-order valence-electron chi connectivity index (χ3n) is 6.55. The molecule has 1 unspecified atom stereocenters. The topological polar surface area (TPSA) is 130 Å². The van der Waals surface area contributed by atoms with Gasteiger partial charge >= 0.3 is 0 Å². The maximum atomic E-state index is 13.5. The first kappa shape index (κ1) is 27.5. The van der Waals surface area contributed by atoms with Crippen molar-refractivity contribution in [3.8, 4) is 28.4 Å². The predicted octanol–water partition coefficient (Wildman–Crippen LogP) is 3.14. The fourth-order valence-corrected chi connectivity index (χ4v) is 4.52. The van der Waals surface area contributed by atoms with Crippen LogP contribution in [-0.2, 0) is 9.63 Å². The second-order valence-corrected chi connectivity index (χ2v) is 8.96. The fourth-order valence-electron chi connectivity index (χ4n) is 4.52. The number of para-hydroxylation sites is 1. The molecule has 0 aromatic heterocycles. The first-order valence-electron chi connectivity index (χ1n) is 12.3. The Kier molecular flexibility index (Phi) is 8.67.